The molecule has 0 aliphatic carbocycles. The summed E-state index contributed by atoms with van der Waals surface area (Å²) in [5.74, 6) is -1.87. The van der Waals surface area contributed by atoms with Crippen LogP contribution in [0.15, 0.2) is 65.4 Å². The quantitative estimate of drug-likeness (QED) is 0.197. The molecule has 8 nitrogen and oxygen atoms in total. The Kier molecular flexibility index (Phi) is 7.77. The molecule has 0 saturated carbocycles. The van der Waals surface area contributed by atoms with Crippen molar-refractivity contribution in [2.75, 3.05) is 19.6 Å². The van der Waals surface area contributed by atoms with Crippen LogP contribution in [-0.2, 0) is 29.5 Å². The molecular weight excluding hydrogens is 639 g/mol. The van der Waals surface area contributed by atoms with Crippen LogP contribution < -0.4 is 15.4 Å². The maximum absolute atomic E-state index is 14.7. The fourth-order valence-corrected chi connectivity index (χ4v) is 7.90. The Bertz CT molecular complexity index is 1750. The Balaban J connectivity index is 1.23. The highest BCUT2D eigenvalue weighted by Gasteiger charge is 2.57. The van der Waals surface area contributed by atoms with E-state index < -0.39 is 41.2 Å². The first kappa shape index (κ1) is 30.4. The van der Waals surface area contributed by atoms with Gasteiger partial charge < -0.3 is 14.6 Å². The van der Waals surface area contributed by atoms with E-state index in [1.54, 1.807) is 6.07 Å². The molecular formula is C30H26ClF5N6O2S. The van der Waals surface area contributed by atoms with Crippen molar-refractivity contribution in [3.05, 3.63) is 99.9 Å². The minimum Gasteiger partial charge on any atom is -0.443 e. The Morgan fingerprint density at radius 3 is 2.64 bits per heavy atom. The summed E-state index contributed by atoms with van der Waals surface area (Å²) < 4.78 is 79.5. The number of amides is 1. The van der Waals surface area contributed by atoms with E-state index >= 15 is 0 Å². The van der Waals surface area contributed by atoms with Crippen molar-refractivity contribution in [2.24, 2.45) is 0 Å². The molecule has 3 fully saturated rings. The number of halogens is 6. The smallest absolute Gasteiger partial charge is 0.420 e. The normalized spacial score (nSPS) is 25.8. The molecule has 7 rings (SSSR count). The van der Waals surface area contributed by atoms with Crippen LogP contribution in [0.1, 0.15) is 22.3 Å². The summed E-state index contributed by atoms with van der Waals surface area (Å²) in [6.45, 7) is 0.256. The first-order valence-electron chi connectivity index (χ1n) is 14.1. The van der Waals surface area contributed by atoms with Gasteiger partial charge in [-0.2, -0.15) is 13.2 Å². The van der Waals surface area contributed by atoms with Gasteiger partial charge in [0.1, 0.15) is 22.7 Å². The van der Waals surface area contributed by atoms with Crippen LogP contribution in [0, 0.1) is 11.6 Å². The number of fused-ring (bicyclic) bond motifs is 2. The number of hydrogen-bond donors (Lipinski definition) is 3. The van der Waals surface area contributed by atoms with Crippen LogP contribution in [0.25, 0.3) is 11.1 Å². The van der Waals surface area contributed by atoms with Gasteiger partial charge in [0, 0.05) is 30.7 Å². The average molecular weight is 665 g/mol. The van der Waals surface area contributed by atoms with Crippen LogP contribution >= 0.6 is 23.5 Å². The molecule has 4 heterocycles. The first-order valence-corrected chi connectivity index (χ1v) is 15.4. The molecule has 0 spiro atoms. The number of aromatic nitrogens is 1. The van der Waals surface area contributed by atoms with Crippen molar-refractivity contribution in [1.29, 1.82) is 0 Å². The number of carbonyl (C=O) groups is 1. The number of hydrogen-bond acceptors (Lipinski definition) is 8. The third kappa shape index (κ3) is 5.57. The van der Waals surface area contributed by atoms with E-state index in [9.17, 15) is 26.7 Å². The molecule has 3 aliphatic rings. The Labute approximate surface area is 263 Å². The van der Waals surface area contributed by atoms with Gasteiger partial charge in [-0.1, -0.05) is 35.7 Å². The zero-order valence-electron chi connectivity index (χ0n) is 23.4. The first-order chi connectivity index (χ1) is 21.5. The maximum atomic E-state index is 14.7. The lowest BCUT2D eigenvalue weighted by atomic mass is 9.82. The lowest BCUT2D eigenvalue weighted by Crippen LogP contribution is -2.71. The molecule has 3 unspecified atom stereocenters. The van der Waals surface area contributed by atoms with Gasteiger partial charge in [-0.05, 0) is 59.5 Å². The number of carbonyl (C=O) groups excluding carboxylic acids is 1. The van der Waals surface area contributed by atoms with Crippen LogP contribution in [0.5, 0.6) is 0 Å². The molecule has 15 heteroatoms. The van der Waals surface area contributed by atoms with Crippen LogP contribution in [-0.4, -0.2) is 58.0 Å². The predicted molar refractivity (Wildman–Crippen MR) is 158 cm³/mol. The van der Waals surface area contributed by atoms with Crippen molar-refractivity contribution >= 4 is 40.6 Å². The summed E-state index contributed by atoms with van der Waals surface area (Å²) in [6, 6.07) is 13.2. The zero-order valence-corrected chi connectivity index (χ0v) is 24.9. The van der Waals surface area contributed by atoms with Crippen LogP contribution in [0.2, 0.25) is 5.02 Å². The van der Waals surface area contributed by atoms with Crippen molar-refractivity contribution in [3.8, 4) is 0 Å². The maximum Gasteiger partial charge on any atom is 0.420 e. The summed E-state index contributed by atoms with van der Waals surface area (Å²) in [5.41, 5.74) is -0.980. The monoisotopic (exact) mass is 664 g/mol. The minimum atomic E-state index is -4.70. The lowest BCUT2D eigenvalue weighted by molar-refractivity contribution is -0.136. The van der Waals surface area contributed by atoms with Gasteiger partial charge in [0.15, 0.2) is 12.0 Å². The number of rotatable bonds is 6. The van der Waals surface area contributed by atoms with E-state index in [0.717, 1.165) is 24.1 Å². The Hall–Kier alpha value is -3.27. The number of nitrogens with zero attached hydrogens (tertiary/aromatic N) is 3. The number of piperazine rings is 1. The van der Waals surface area contributed by atoms with E-state index in [0.29, 0.717) is 17.0 Å². The SMILES string of the molecule is O=C1CN2C(CNC[C@@]2(c2cc(F)cc(F)c2)C2NSC(Cc3cccc(Cl)c3)N2)N1Cc1cc(C(F)(F)F)c2ocnc2c1. The molecule has 0 radical (unpaired) electrons. The Morgan fingerprint density at radius 1 is 1.09 bits per heavy atom. The fourth-order valence-electron chi connectivity index (χ4n) is 6.64. The number of oxazole rings is 1. The number of alkyl halides is 3. The second-order valence-corrected chi connectivity index (χ2v) is 12.8. The summed E-state index contributed by atoms with van der Waals surface area (Å²) in [7, 11) is 0. The molecule has 1 amide bonds. The molecule has 45 heavy (non-hydrogen) atoms. The average Bonchev–Trinajstić information content (AvgIpc) is 3.71. The molecule has 3 aromatic carbocycles. The topological polar surface area (TPSA) is 85.7 Å². The number of nitrogens with one attached hydrogen (secondary N) is 3. The van der Waals surface area contributed by atoms with E-state index in [4.69, 9.17) is 16.0 Å². The molecule has 4 aromatic rings. The molecule has 236 valence electrons. The highest BCUT2D eigenvalue weighted by Crippen LogP contribution is 2.43. The molecule has 1 aromatic heterocycles. The number of benzene rings is 3. The standard InChI is InChI=1S/C30H26ClF5N6O2S/c31-19-3-1-2-16(4-19)7-24-39-28(40-45-24)29(18-8-20(32)10-21(33)9-18)14-37-11-25-41(26(43)13-42(25)29)12-17-5-22(30(34,35)36)27-23(6-17)38-15-44-27/h1-6,8-10,15,24-25,28,37,39-40H,7,11-14H2/t24?,25?,28?,29-/m1/s1. The zero-order chi connectivity index (χ0) is 31.5. The van der Waals surface area contributed by atoms with Gasteiger partial charge in [0.05, 0.1) is 29.8 Å². The van der Waals surface area contributed by atoms with Crippen LogP contribution in [0.3, 0.4) is 0 Å². The van der Waals surface area contributed by atoms with Gasteiger partial charge in [-0.15, -0.1) is 0 Å². The fraction of sp³-hybridized carbons (Fsp3) is 0.333. The van der Waals surface area contributed by atoms with E-state index in [1.165, 1.54) is 35.0 Å². The molecule has 0 bridgehead atoms. The van der Waals surface area contributed by atoms with Gasteiger partial charge >= 0.3 is 6.18 Å². The summed E-state index contributed by atoms with van der Waals surface area (Å²) in [5, 5.41) is 7.34. The second kappa shape index (κ2) is 11.5. The van der Waals surface area contributed by atoms with Crippen molar-refractivity contribution in [2.45, 2.75) is 42.4 Å². The highest BCUT2D eigenvalue weighted by atomic mass is 35.5. The lowest BCUT2D eigenvalue weighted by Gasteiger charge is -2.52. The summed E-state index contributed by atoms with van der Waals surface area (Å²) in [4.78, 5) is 20.9. The van der Waals surface area contributed by atoms with Crippen molar-refractivity contribution in [1.82, 2.24) is 30.1 Å². The van der Waals surface area contributed by atoms with E-state index in [1.807, 2.05) is 23.1 Å². The molecule has 3 N–H and O–H groups in total. The predicted octanol–water partition coefficient (Wildman–Crippen LogP) is 4.98. The Morgan fingerprint density at radius 2 is 1.89 bits per heavy atom. The van der Waals surface area contributed by atoms with Gasteiger partial charge in [0.2, 0.25) is 5.91 Å². The largest absolute Gasteiger partial charge is 0.443 e. The molecule has 4 atom stereocenters. The molecule has 3 aliphatic heterocycles. The van der Waals surface area contributed by atoms with Gasteiger partial charge in [0.25, 0.3) is 0 Å². The highest BCUT2D eigenvalue weighted by molar-refractivity contribution is 7.98. The van der Waals surface area contributed by atoms with Crippen molar-refractivity contribution in [3.63, 3.8) is 0 Å². The van der Waals surface area contributed by atoms with Crippen molar-refractivity contribution < 1.29 is 31.2 Å². The molecule has 3 saturated heterocycles. The third-order valence-electron chi connectivity index (χ3n) is 8.56. The summed E-state index contributed by atoms with van der Waals surface area (Å²) in [6.07, 6.45) is -4.38. The minimum absolute atomic E-state index is 0.0248. The van der Waals surface area contributed by atoms with Gasteiger partial charge in [-0.25, -0.2) is 18.5 Å². The van der Waals surface area contributed by atoms with E-state index in [2.05, 4.69) is 20.3 Å². The summed E-state index contributed by atoms with van der Waals surface area (Å²) >= 11 is 7.61. The third-order valence-corrected chi connectivity index (χ3v) is 9.75. The second-order valence-electron chi connectivity index (χ2n) is 11.3. The van der Waals surface area contributed by atoms with Gasteiger partial charge in [-0.3, -0.25) is 15.0 Å². The van der Waals surface area contributed by atoms with E-state index in [-0.39, 0.29) is 54.1 Å². The van der Waals surface area contributed by atoms with Crippen LogP contribution in [0.4, 0.5) is 22.0 Å².